The van der Waals surface area contributed by atoms with Crippen molar-refractivity contribution in [3.05, 3.63) is 12.7 Å². The molecule has 1 heterocycles. The van der Waals surface area contributed by atoms with Gasteiger partial charge in [-0.15, -0.1) is 6.58 Å². The highest BCUT2D eigenvalue weighted by atomic mass is 16.5. The third-order valence-corrected chi connectivity index (χ3v) is 2.74. The quantitative estimate of drug-likeness (QED) is 0.517. The Morgan fingerprint density at radius 3 is 2.88 bits per heavy atom. The lowest BCUT2D eigenvalue weighted by molar-refractivity contribution is -0.143. The predicted octanol–water partition coefficient (Wildman–Crippen LogP) is 1.09. The van der Waals surface area contributed by atoms with Crippen LogP contribution in [-0.2, 0) is 14.3 Å². The SMILES string of the molecule is C=CCCC[C@H](NC(=O)[C@@H]1CCCO1)C(=O)O. The zero-order valence-corrected chi connectivity index (χ0v) is 9.85. The van der Waals surface area contributed by atoms with E-state index in [1.165, 1.54) is 0 Å². The van der Waals surface area contributed by atoms with Gasteiger partial charge in [0.1, 0.15) is 12.1 Å². The molecule has 1 aliphatic heterocycles. The van der Waals surface area contributed by atoms with Gasteiger partial charge in [0.15, 0.2) is 0 Å². The van der Waals surface area contributed by atoms with E-state index in [1.54, 1.807) is 6.08 Å². The lowest BCUT2D eigenvalue weighted by Crippen LogP contribution is -2.45. The second-order valence-electron chi connectivity index (χ2n) is 4.12. The molecular formula is C12H19NO4. The molecule has 0 aliphatic carbocycles. The van der Waals surface area contributed by atoms with Crippen LogP contribution in [0.25, 0.3) is 0 Å². The molecule has 0 unspecified atom stereocenters. The molecule has 0 saturated carbocycles. The number of aliphatic carboxylic acids is 1. The fourth-order valence-electron chi connectivity index (χ4n) is 1.77. The zero-order chi connectivity index (χ0) is 12.7. The van der Waals surface area contributed by atoms with Crippen LogP contribution in [0.15, 0.2) is 12.7 Å². The first-order valence-electron chi connectivity index (χ1n) is 5.91. The van der Waals surface area contributed by atoms with Crippen molar-refractivity contribution >= 4 is 11.9 Å². The van der Waals surface area contributed by atoms with Crippen LogP contribution in [0.2, 0.25) is 0 Å². The molecule has 0 aromatic rings. The first-order chi connectivity index (χ1) is 8.15. The van der Waals surface area contributed by atoms with Crippen LogP contribution in [0.4, 0.5) is 0 Å². The Kier molecular flexibility index (Phi) is 5.69. The third-order valence-electron chi connectivity index (χ3n) is 2.74. The Bertz CT molecular complexity index is 284. The summed E-state index contributed by atoms with van der Waals surface area (Å²) in [5.74, 6) is -1.31. The number of amides is 1. The number of rotatable bonds is 7. The fraction of sp³-hybridized carbons (Fsp3) is 0.667. The van der Waals surface area contributed by atoms with Gasteiger partial charge < -0.3 is 15.2 Å². The summed E-state index contributed by atoms with van der Waals surface area (Å²) < 4.78 is 5.20. The van der Waals surface area contributed by atoms with Gasteiger partial charge in [-0.3, -0.25) is 4.79 Å². The first kappa shape index (κ1) is 13.7. The van der Waals surface area contributed by atoms with Crippen LogP contribution < -0.4 is 5.32 Å². The minimum atomic E-state index is -1.000. The molecule has 0 aromatic carbocycles. The maximum absolute atomic E-state index is 11.7. The Morgan fingerprint density at radius 2 is 2.35 bits per heavy atom. The Balaban J connectivity index is 2.39. The topological polar surface area (TPSA) is 75.6 Å². The van der Waals surface area contributed by atoms with Crippen LogP contribution in [0.3, 0.4) is 0 Å². The Hall–Kier alpha value is -1.36. The van der Waals surface area contributed by atoms with E-state index in [0.717, 1.165) is 12.8 Å². The number of hydrogen-bond donors (Lipinski definition) is 2. The number of hydrogen-bond acceptors (Lipinski definition) is 3. The number of allylic oxidation sites excluding steroid dienone is 1. The summed E-state index contributed by atoms with van der Waals surface area (Å²) in [6.45, 7) is 4.15. The van der Waals surface area contributed by atoms with Crippen LogP contribution in [-0.4, -0.2) is 35.7 Å². The van der Waals surface area contributed by atoms with Crippen molar-refractivity contribution in [2.45, 2.75) is 44.2 Å². The average molecular weight is 241 g/mol. The van der Waals surface area contributed by atoms with Gasteiger partial charge in [0.25, 0.3) is 0 Å². The van der Waals surface area contributed by atoms with Crippen LogP contribution >= 0.6 is 0 Å². The summed E-state index contributed by atoms with van der Waals surface area (Å²) in [6.07, 6.45) is 4.65. The second kappa shape index (κ2) is 7.06. The maximum Gasteiger partial charge on any atom is 0.326 e. The smallest absolute Gasteiger partial charge is 0.326 e. The van der Waals surface area contributed by atoms with Gasteiger partial charge in [-0.25, -0.2) is 4.79 Å². The van der Waals surface area contributed by atoms with E-state index in [9.17, 15) is 9.59 Å². The number of carbonyl (C=O) groups excluding carboxylic acids is 1. The molecule has 1 aliphatic rings. The molecule has 1 saturated heterocycles. The number of nitrogens with one attached hydrogen (secondary N) is 1. The summed E-state index contributed by atoms with van der Waals surface area (Å²) in [7, 11) is 0. The maximum atomic E-state index is 11.7. The van der Waals surface area contributed by atoms with E-state index >= 15 is 0 Å². The molecule has 0 spiro atoms. The zero-order valence-electron chi connectivity index (χ0n) is 9.85. The van der Waals surface area contributed by atoms with E-state index in [1.807, 2.05) is 0 Å². The van der Waals surface area contributed by atoms with Crippen molar-refractivity contribution in [2.24, 2.45) is 0 Å². The van der Waals surface area contributed by atoms with Crippen molar-refractivity contribution < 1.29 is 19.4 Å². The van der Waals surface area contributed by atoms with Crippen LogP contribution in [0.1, 0.15) is 32.1 Å². The predicted molar refractivity (Wildman–Crippen MR) is 62.6 cm³/mol. The molecular weight excluding hydrogens is 222 g/mol. The molecule has 5 nitrogen and oxygen atoms in total. The number of unbranched alkanes of at least 4 members (excludes halogenated alkanes) is 1. The van der Waals surface area contributed by atoms with Crippen LogP contribution in [0.5, 0.6) is 0 Å². The molecule has 1 fully saturated rings. The second-order valence-corrected chi connectivity index (χ2v) is 4.12. The summed E-state index contributed by atoms with van der Waals surface area (Å²) in [5.41, 5.74) is 0. The van der Waals surface area contributed by atoms with Gasteiger partial charge in [0.05, 0.1) is 0 Å². The van der Waals surface area contributed by atoms with Crippen molar-refractivity contribution in [2.75, 3.05) is 6.61 Å². The highest BCUT2D eigenvalue weighted by molar-refractivity contribution is 5.86. The molecule has 2 atom stereocenters. The first-order valence-corrected chi connectivity index (χ1v) is 5.91. The normalized spacial score (nSPS) is 20.8. The van der Waals surface area contributed by atoms with E-state index < -0.39 is 18.1 Å². The van der Waals surface area contributed by atoms with Crippen LogP contribution in [0, 0.1) is 0 Å². The summed E-state index contributed by atoms with van der Waals surface area (Å²) in [6, 6.07) is -0.827. The lowest BCUT2D eigenvalue weighted by Gasteiger charge is -2.16. The van der Waals surface area contributed by atoms with E-state index in [4.69, 9.17) is 9.84 Å². The Morgan fingerprint density at radius 1 is 1.59 bits per heavy atom. The summed E-state index contributed by atoms with van der Waals surface area (Å²) >= 11 is 0. The number of ether oxygens (including phenoxy) is 1. The molecule has 96 valence electrons. The largest absolute Gasteiger partial charge is 0.480 e. The molecule has 0 aromatic heterocycles. The average Bonchev–Trinajstić information content (AvgIpc) is 2.81. The molecule has 0 radical (unpaired) electrons. The molecule has 2 N–H and O–H groups in total. The van der Waals surface area contributed by atoms with E-state index in [-0.39, 0.29) is 5.91 Å². The highest BCUT2D eigenvalue weighted by Crippen LogP contribution is 2.12. The fourth-order valence-corrected chi connectivity index (χ4v) is 1.77. The van der Waals surface area contributed by atoms with Gasteiger partial charge >= 0.3 is 5.97 Å². The van der Waals surface area contributed by atoms with Gasteiger partial charge in [-0.05, 0) is 32.1 Å². The van der Waals surface area contributed by atoms with Crippen molar-refractivity contribution in [1.82, 2.24) is 5.32 Å². The third kappa shape index (κ3) is 4.56. The molecule has 5 heteroatoms. The number of carboxylic acid groups (broad SMARTS) is 1. The van der Waals surface area contributed by atoms with E-state index in [2.05, 4.69) is 11.9 Å². The molecule has 1 amide bonds. The van der Waals surface area contributed by atoms with Crippen molar-refractivity contribution in [3.63, 3.8) is 0 Å². The number of carboxylic acids is 1. The van der Waals surface area contributed by atoms with Gasteiger partial charge in [0.2, 0.25) is 5.91 Å². The monoisotopic (exact) mass is 241 g/mol. The summed E-state index contributed by atoms with van der Waals surface area (Å²) in [4.78, 5) is 22.6. The van der Waals surface area contributed by atoms with Crippen molar-refractivity contribution in [1.29, 1.82) is 0 Å². The molecule has 1 rings (SSSR count). The minimum absolute atomic E-state index is 0.312. The van der Waals surface area contributed by atoms with Gasteiger partial charge in [-0.1, -0.05) is 6.08 Å². The highest BCUT2D eigenvalue weighted by Gasteiger charge is 2.27. The Labute approximate surface area is 101 Å². The van der Waals surface area contributed by atoms with Gasteiger partial charge in [-0.2, -0.15) is 0 Å². The van der Waals surface area contributed by atoms with Gasteiger partial charge in [0, 0.05) is 6.61 Å². The minimum Gasteiger partial charge on any atom is -0.480 e. The van der Waals surface area contributed by atoms with E-state index in [0.29, 0.717) is 25.9 Å². The summed E-state index contributed by atoms with van der Waals surface area (Å²) in [5, 5.41) is 11.5. The van der Waals surface area contributed by atoms with Crippen molar-refractivity contribution in [3.8, 4) is 0 Å². The molecule has 17 heavy (non-hydrogen) atoms. The number of carbonyl (C=O) groups is 2. The molecule has 0 bridgehead atoms. The standard InChI is InChI=1S/C12H19NO4/c1-2-3-4-6-9(12(15)16)13-11(14)10-7-5-8-17-10/h2,9-10H,1,3-8H2,(H,13,14)(H,15,16)/t9-,10-/m0/s1. The lowest BCUT2D eigenvalue weighted by atomic mass is 10.1.